The normalized spacial score (nSPS) is 25.3. The molecule has 25 heavy (non-hydrogen) atoms. The molecule has 136 valence electrons. The number of amides is 2. The quantitative estimate of drug-likeness (QED) is 0.875. The number of urea groups is 1. The molecule has 3 heterocycles. The van der Waals surface area contributed by atoms with Crippen LogP contribution >= 0.6 is 0 Å². The van der Waals surface area contributed by atoms with Crippen LogP contribution in [0.5, 0.6) is 11.5 Å². The number of hydrogen-bond donors (Lipinski definition) is 2. The van der Waals surface area contributed by atoms with Crippen molar-refractivity contribution < 1.29 is 14.3 Å². The first-order chi connectivity index (χ1) is 12.3. The van der Waals surface area contributed by atoms with Gasteiger partial charge in [-0.25, -0.2) is 4.79 Å². The van der Waals surface area contributed by atoms with E-state index in [1.807, 2.05) is 18.2 Å². The first-order valence-corrected chi connectivity index (χ1v) is 9.46. The highest BCUT2D eigenvalue weighted by atomic mass is 16.6. The first kappa shape index (κ1) is 16.5. The van der Waals surface area contributed by atoms with Crippen LogP contribution in [0.25, 0.3) is 0 Å². The topological polar surface area (TPSA) is 62.8 Å². The molecule has 0 radical (unpaired) electrons. The Labute approximate surface area is 148 Å². The number of rotatable bonds is 4. The van der Waals surface area contributed by atoms with E-state index in [0.29, 0.717) is 31.8 Å². The number of carbonyl (C=O) groups excluding carboxylic acids is 1. The zero-order chi connectivity index (χ0) is 17.1. The van der Waals surface area contributed by atoms with Crippen LogP contribution in [0.1, 0.15) is 31.2 Å². The Bertz CT molecular complexity index is 622. The van der Waals surface area contributed by atoms with Crippen LogP contribution in [0, 0.1) is 0 Å². The van der Waals surface area contributed by atoms with Crippen molar-refractivity contribution in [1.29, 1.82) is 0 Å². The summed E-state index contributed by atoms with van der Waals surface area (Å²) in [6.45, 7) is 4.12. The number of benzene rings is 1. The summed E-state index contributed by atoms with van der Waals surface area (Å²) in [5, 5.41) is 6.17. The average molecular weight is 345 g/mol. The van der Waals surface area contributed by atoms with Gasteiger partial charge >= 0.3 is 6.03 Å². The number of piperidine rings is 1. The van der Waals surface area contributed by atoms with Crippen LogP contribution in [0.2, 0.25) is 0 Å². The lowest BCUT2D eigenvalue weighted by molar-refractivity contribution is 0.171. The van der Waals surface area contributed by atoms with Gasteiger partial charge in [0, 0.05) is 25.2 Å². The maximum absolute atomic E-state index is 12.2. The summed E-state index contributed by atoms with van der Waals surface area (Å²) >= 11 is 0. The van der Waals surface area contributed by atoms with E-state index in [1.54, 1.807) is 0 Å². The zero-order valence-corrected chi connectivity index (χ0v) is 14.6. The van der Waals surface area contributed by atoms with E-state index in [2.05, 4.69) is 15.5 Å². The van der Waals surface area contributed by atoms with Crippen LogP contribution in [-0.4, -0.2) is 55.9 Å². The summed E-state index contributed by atoms with van der Waals surface area (Å²) in [4.78, 5) is 14.7. The van der Waals surface area contributed by atoms with Gasteiger partial charge in [-0.3, -0.25) is 4.90 Å². The second-order valence-electron chi connectivity index (χ2n) is 7.12. The molecule has 0 aliphatic carbocycles. The van der Waals surface area contributed by atoms with Gasteiger partial charge in [0.05, 0.1) is 0 Å². The Balaban J connectivity index is 1.23. The molecule has 2 fully saturated rings. The van der Waals surface area contributed by atoms with E-state index in [0.717, 1.165) is 36.4 Å². The van der Waals surface area contributed by atoms with Crippen molar-refractivity contribution >= 4 is 6.03 Å². The maximum Gasteiger partial charge on any atom is 0.315 e. The average Bonchev–Trinajstić information content (AvgIpc) is 3.05. The SMILES string of the molecule is O=C(NCCc1ccc2c(c1)OCCO2)N[C@H]1CCN2CCCC[C@@H]12. The van der Waals surface area contributed by atoms with E-state index in [-0.39, 0.29) is 6.03 Å². The molecule has 6 heteroatoms. The number of carbonyl (C=O) groups is 1. The van der Waals surface area contributed by atoms with Gasteiger partial charge in [0.15, 0.2) is 11.5 Å². The number of fused-ring (bicyclic) bond motifs is 2. The standard InChI is InChI=1S/C19H27N3O3/c23-19(21-15-7-10-22-9-2-1-3-16(15)22)20-8-6-14-4-5-17-18(13-14)25-12-11-24-17/h4-5,13,15-16H,1-3,6-12H2,(H2,20,21,23)/t15-,16-/m0/s1. The third kappa shape index (κ3) is 3.84. The van der Waals surface area contributed by atoms with Crippen molar-refractivity contribution in [3.63, 3.8) is 0 Å². The molecular formula is C19H27N3O3. The molecule has 0 saturated carbocycles. The van der Waals surface area contributed by atoms with Gasteiger partial charge in [0.2, 0.25) is 0 Å². The second kappa shape index (κ2) is 7.52. The fourth-order valence-corrected chi connectivity index (χ4v) is 4.20. The summed E-state index contributed by atoms with van der Waals surface area (Å²) in [5.41, 5.74) is 1.14. The van der Waals surface area contributed by atoms with E-state index < -0.39 is 0 Å². The summed E-state index contributed by atoms with van der Waals surface area (Å²) in [7, 11) is 0. The third-order valence-corrected chi connectivity index (χ3v) is 5.48. The Morgan fingerprint density at radius 3 is 2.92 bits per heavy atom. The van der Waals surface area contributed by atoms with Crippen molar-refractivity contribution in [2.45, 2.75) is 44.2 Å². The molecular weight excluding hydrogens is 318 g/mol. The van der Waals surface area contributed by atoms with E-state index in [9.17, 15) is 4.79 Å². The molecule has 2 atom stereocenters. The van der Waals surface area contributed by atoms with Gasteiger partial charge in [-0.2, -0.15) is 0 Å². The van der Waals surface area contributed by atoms with E-state index in [4.69, 9.17) is 9.47 Å². The highest BCUT2D eigenvalue weighted by Gasteiger charge is 2.36. The minimum Gasteiger partial charge on any atom is -0.486 e. The minimum absolute atomic E-state index is 0.0463. The van der Waals surface area contributed by atoms with Crippen LogP contribution in [0.15, 0.2) is 18.2 Å². The summed E-state index contributed by atoms with van der Waals surface area (Å²) in [5.74, 6) is 1.61. The number of nitrogens with one attached hydrogen (secondary N) is 2. The fourth-order valence-electron chi connectivity index (χ4n) is 4.20. The third-order valence-electron chi connectivity index (χ3n) is 5.48. The van der Waals surface area contributed by atoms with Gasteiger partial charge in [0.1, 0.15) is 13.2 Å². The molecule has 4 rings (SSSR count). The predicted octanol–water partition coefficient (Wildman–Crippen LogP) is 1.93. The van der Waals surface area contributed by atoms with Crippen LogP contribution in [0.4, 0.5) is 4.79 Å². The Hall–Kier alpha value is -1.95. The summed E-state index contributed by atoms with van der Waals surface area (Å²) in [6.07, 6.45) is 5.64. The zero-order valence-electron chi connectivity index (χ0n) is 14.6. The fraction of sp³-hybridized carbons (Fsp3) is 0.632. The highest BCUT2D eigenvalue weighted by Crippen LogP contribution is 2.30. The van der Waals surface area contributed by atoms with Crippen molar-refractivity contribution in [2.24, 2.45) is 0 Å². The van der Waals surface area contributed by atoms with Gasteiger partial charge in [0.25, 0.3) is 0 Å². The molecule has 3 aliphatic rings. The largest absolute Gasteiger partial charge is 0.486 e. The van der Waals surface area contributed by atoms with Gasteiger partial charge < -0.3 is 20.1 Å². The molecule has 0 unspecified atom stereocenters. The highest BCUT2D eigenvalue weighted by molar-refractivity contribution is 5.74. The summed E-state index contributed by atoms with van der Waals surface area (Å²) in [6, 6.07) is 6.77. The van der Waals surface area contributed by atoms with Crippen molar-refractivity contribution in [3.8, 4) is 11.5 Å². The lowest BCUT2D eigenvalue weighted by Gasteiger charge is -2.32. The first-order valence-electron chi connectivity index (χ1n) is 9.46. The van der Waals surface area contributed by atoms with Crippen molar-refractivity contribution in [1.82, 2.24) is 15.5 Å². The number of hydrogen-bond acceptors (Lipinski definition) is 4. The molecule has 2 amide bonds. The summed E-state index contributed by atoms with van der Waals surface area (Å²) < 4.78 is 11.1. The van der Waals surface area contributed by atoms with Crippen LogP contribution < -0.4 is 20.1 Å². The monoisotopic (exact) mass is 345 g/mol. The van der Waals surface area contributed by atoms with Crippen molar-refractivity contribution in [2.75, 3.05) is 32.8 Å². The van der Waals surface area contributed by atoms with Gasteiger partial charge in [-0.15, -0.1) is 0 Å². The molecule has 1 aromatic rings. The lowest BCUT2D eigenvalue weighted by atomic mass is 9.99. The minimum atomic E-state index is -0.0463. The van der Waals surface area contributed by atoms with E-state index >= 15 is 0 Å². The molecule has 6 nitrogen and oxygen atoms in total. The molecule has 3 aliphatic heterocycles. The Kier molecular flexibility index (Phi) is 4.97. The molecule has 2 saturated heterocycles. The molecule has 1 aromatic carbocycles. The molecule has 0 bridgehead atoms. The van der Waals surface area contributed by atoms with Crippen LogP contribution in [0.3, 0.4) is 0 Å². The van der Waals surface area contributed by atoms with Gasteiger partial charge in [-0.05, 0) is 49.9 Å². The molecule has 0 spiro atoms. The van der Waals surface area contributed by atoms with Crippen molar-refractivity contribution in [3.05, 3.63) is 23.8 Å². The predicted molar refractivity (Wildman–Crippen MR) is 95.3 cm³/mol. The lowest BCUT2D eigenvalue weighted by Crippen LogP contribution is -2.49. The Morgan fingerprint density at radius 2 is 2.00 bits per heavy atom. The smallest absolute Gasteiger partial charge is 0.315 e. The Morgan fingerprint density at radius 1 is 1.12 bits per heavy atom. The maximum atomic E-state index is 12.2. The second-order valence-corrected chi connectivity index (χ2v) is 7.12. The van der Waals surface area contributed by atoms with E-state index in [1.165, 1.54) is 25.8 Å². The molecule has 0 aromatic heterocycles. The molecule has 2 N–H and O–H groups in total. The van der Waals surface area contributed by atoms with Crippen LogP contribution in [-0.2, 0) is 6.42 Å². The number of nitrogens with zero attached hydrogens (tertiary/aromatic N) is 1. The number of ether oxygens (including phenoxy) is 2. The van der Waals surface area contributed by atoms with Gasteiger partial charge in [-0.1, -0.05) is 12.5 Å².